The molecule has 0 bridgehead atoms. The Morgan fingerprint density at radius 1 is 1.42 bits per heavy atom. The highest BCUT2D eigenvalue weighted by molar-refractivity contribution is 5.87. The number of ketones is 1. The van der Waals surface area contributed by atoms with Gasteiger partial charge in [0, 0.05) is 12.4 Å². The molecule has 104 valence electrons. The van der Waals surface area contributed by atoms with E-state index in [4.69, 9.17) is 0 Å². The number of hydrogen-bond donors (Lipinski definition) is 1. The van der Waals surface area contributed by atoms with E-state index in [1.165, 1.54) is 17.7 Å². The minimum Gasteiger partial charge on any atom is -0.344 e. The summed E-state index contributed by atoms with van der Waals surface area (Å²) in [7, 11) is 0. The molecule has 1 unspecified atom stereocenters. The van der Waals surface area contributed by atoms with Crippen LogP contribution in [-0.2, 0) is 16.1 Å². The van der Waals surface area contributed by atoms with Crippen molar-refractivity contribution < 1.29 is 9.59 Å². The van der Waals surface area contributed by atoms with Crippen molar-refractivity contribution >= 4 is 11.7 Å². The second-order valence-electron chi connectivity index (χ2n) is 4.94. The molecular weight excluding hydrogens is 246 g/mol. The summed E-state index contributed by atoms with van der Waals surface area (Å²) in [4.78, 5) is 38.4. The van der Waals surface area contributed by atoms with Crippen molar-refractivity contribution in [3.05, 3.63) is 28.4 Å². The van der Waals surface area contributed by atoms with Crippen molar-refractivity contribution in [2.24, 2.45) is 5.92 Å². The van der Waals surface area contributed by atoms with Gasteiger partial charge in [-0.05, 0) is 25.3 Å². The summed E-state index contributed by atoms with van der Waals surface area (Å²) in [6, 6.07) is -0.527. The topological polar surface area (TPSA) is 81.1 Å². The van der Waals surface area contributed by atoms with Crippen molar-refractivity contribution in [1.82, 2.24) is 14.9 Å². The molecule has 0 spiro atoms. The molecular formula is C13H19N3O3. The molecule has 0 radical (unpaired) electrons. The minimum absolute atomic E-state index is 0.00815. The fourth-order valence-corrected chi connectivity index (χ4v) is 1.79. The van der Waals surface area contributed by atoms with Crippen LogP contribution in [-0.4, -0.2) is 27.3 Å². The Hall–Kier alpha value is -1.98. The Balaban J connectivity index is 2.77. The molecule has 1 N–H and O–H groups in total. The number of nitrogens with one attached hydrogen (secondary N) is 1. The van der Waals surface area contributed by atoms with Crippen LogP contribution in [0.5, 0.6) is 0 Å². The Morgan fingerprint density at radius 2 is 2.05 bits per heavy atom. The molecule has 6 heteroatoms. The van der Waals surface area contributed by atoms with E-state index in [9.17, 15) is 14.4 Å². The molecule has 0 aliphatic rings. The minimum atomic E-state index is -0.527. The Labute approximate surface area is 111 Å². The first-order valence-corrected chi connectivity index (χ1v) is 6.14. The molecule has 1 aromatic rings. The Morgan fingerprint density at radius 3 is 2.58 bits per heavy atom. The lowest BCUT2D eigenvalue weighted by atomic mass is 10.0. The average Bonchev–Trinajstić information content (AvgIpc) is 2.30. The number of hydrogen-bond acceptors (Lipinski definition) is 4. The second-order valence-corrected chi connectivity index (χ2v) is 4.94. The molecule has 1 aromatic heterocycles. The molecule has 6 nitrogen and oxygen atoms in total. The predicted molar refractivity (Wildman–Crippen MR) is 70.7 cm³/mol. The van der Waals surface area contributed by atoms with Gasteiger partial charge in [0.2, 0.25) is 5.91 Å². The third-order valence-electron chi connectivity index (χ3n) is 2.72. The van der Waals surface area contributed by atoms with Gasteiger partial charge in [0.25, 0.3) is 0 Å². The molecule has 0 fully saturated rings. The number of carbonyl (C=O) groups is 2. The van der Waals surface area contributed by atoms with Gasteiger partial charge in [-0.25, -0.2) is 9.78 Å². The maximum atomic E-state index is 11.8. The lowest BCUT2D eigenvalue weighted by Crippen LogP contribution is -2.45. The van der Waals surface area contributed by atoms with Crippen LogP contribution in [0.4, 0.5) is 0 Å². The van der Waals surface area contributed by atoms with Crippen LogP contribution in [0.3, 0.4) is 0 Å². The van der Waals surface area contributed by atoms with Gasteiger partial charge in [0.15, 0.2) is 5.78 Å². The van der Waals surface area contributed by atoms with Crippen molar-refractivity contribution in [3.63, 3.8) is 0 Å². The number of aromatic nitrogens is 2. The number of nitrogens with zero attached hydrogens (tertiary/aromatic N) is 2. The normalized spacial score (nSPS) is 12.3. The summed E-state index contributed by atoms with van der Waals surface area (Å²) in [6.45, 7) is 6.79. The van der Waals surface area contributed by atoms with Crippen LogP contribution in [0.15, 0.2) is 17.2 Å². The number of Topliss-reactive ketones (excluding diaryl/α,β-unsaturated/α-hetero) is 1. The van der Waals surface area contributed by atoms with Crippen LogP contribution < -0.4 is 11.0 Å². The van der Waals surface area contributed by atoms with Crippen molar-refractivity contribution in [2.45, 2.75) is 40.3 Å². The van der Waals surface area contributed by atoms with Gasteiger partial charge in [-0.15, -0.1) is 0 Å². The Bertz CT molecular complexity index is 534. The molecule has 0 saturated carbocycles. The SMILES string of the molecule is CC(=O)C(NC(=O)Cn1cc(C)cnc1=O)C(C)C. The first-order chi connectivity index (χ1) is 8.81. The van der Waals surface area contributed by atoms with Crippen LogP contribution in [0.25, 0.3) is 0 Å². The van der Waals surface area contributed by atoms with Gasteiger partial charge in [0.05, 0.1) is 6.04 Å². The zero-order valence-electron chi connectivity index (χ0n) is 11.6. The predicted octanol–water partition coefficient (Wildman–Crippen LogP) is 0.282. The summed E-state index contributed by atoms with van der Waals surface area (Å²) < 4.78 is 1.22. The maximum absolute atomic E-state index is 11.8. The largest absolute Gasteiger partial charge is 0.347 e. The molecule has 0 aliphatic carbocycles. The number of rotatable bonds is 5. The van der Waals surface area contributed by atoms with Gasteiger partial charge in [-0.2, -0.15) is 0 Å². The summed E-state index contributed by atoms with van der Waals surface area (Å²) in [6.07, 6.45) is 3.01. The average molecular weight is 265 g/mol. The molecule has 0 saturated heterocycles. The number of aryl methyl sites for hydroxylation is 1. The van der Waals surface area contributed by atoms with E-state index in [2.05, 4.69) is 10.3 Å². The summed E-state index contributed by atoms with van der Waals surface area (Å²) in [5, 5.41) is 2.64. The fourth-order valence-electron chi connectivity index (χ4n) is 1.79. The summed E-state index contributed by atoms with van der Waals surface area (Å²) >= 11 is 0. The van der Waals surface area contributed by atoms with E-state index in [0.29, 0.717) is 0 Å². The highest BCUT2D eigenvalue weighted by Gasteiger charge is 2.20. The number of carbonyl (C=O) groups excluding carboxylic acids is 2. The molecule has 1 amide bonds. The van der Waals surface area contributed by atoms with E-state index in [-0.39, 0.29) is 24.2 Å². The van der Waals surface area contributed by atoms with Crippen molar-refractivity contribution in [2.75, 3.05) is 0 Å². The first-order valence-electron chi connectivity index (χ1n) is 6.14. The lowest BCUT2D eigenvalue weighted by molar-refractivity contribution is -0.128. The van der Waals surface area contributed by atoms with Crippen molar-refractivity contribution in [3.8, 4) is 0 Å². The molecule has 19 heavy (non-hydrogen) atoms. The molecule has 1 rings (SSSR count). The van der Waals surface area contributed by atoms with Gasteiger partial charge >= 0.3 is 5.69 Å². The van der Waals surface area contributed by atoms with E-state index >= 15 is 0 Å². The van der Waals surface area contributed by atoms with Gasteiger partial charge in [0.1, 0.15) is 6.54 Å². The Kier molecular flexibility index (Phi) is 4.97. The third-order valence-corrected chi connectivity index (χ3v) is 2.72. The van der Waals surface area contributed by atoms with Crippen LogP contribution in [0.2, 0.25) is 0 Å². The van der Waals surface area contributed by atoms with Gasteiger partial charge < -0.3 is 5.32 Å². The molecule has 0 aromatic carbocycles. The summed E-state index contributed by atoms with van der Waals surface area (Å²) in [5.41, 5.74) is 0.309. The molecule has 1 heterocycles. The highest BCUT2D eigenvalue weighted by atomic mass is 16.2. The molecule has 0 aliphatic heterocycles. The zero-order valence-corrected chi connectivity index (χ0v) is 11.6. The fraction of sp³-hybridized carbons (Fsp3) is 0.538. The highest BCUT2D eigenvalue weighted by Crippen LogP contribution is 2.02. The van der Waals surface area contributed by atoms with Crippen LogP contribution >= 0.6 is 0 Å². The maximum Gasteiger partial charge on any atom is 0.347 e. The second kappa shape index (κ2) is 6.26. The van der Waals surface area contributed by atoms with Gasteiger partial charge in [-0.1, -0.05) is 13.8 Å². The number of amides is 1. The lowest BCUT2D eigenvalue weighted by Gasteiger charge is -2.19. The van der Waals surface area contributed by atoms with E-state index in [1.807, 2.05) is 13.8 Å². The first kappa shape index (κ1) is 15.1. The van der Waals surface area contributed by atoms with Crippen LogP contribution in [0, 0.1) is 12.8 Å². The van der Waals surface area contributed by atoms with Gasteiger partial charge in [-0.3, -0.25) is 14.2 Å². The van der Waals surface area contributed by atoms with E-state index in [0.717, 1.165) is 5.56 Å². The third kappa shape index (κ3) is 4.31. The monoisotopic (exact) mass is 265 g/mol. The van der Waals surface area contributed by atoms with Crippen LogP contribution in [0.1, 0.15) is 26.3 Å². The smallest absolute Gasteiger partial charge is 0.344 e. The zero-order chi connectivity index (χ0) is 14.6. The van der Waals surface area contributed by atoms with Crippen molar-refractivity contribution in [1.29, 1.82) is 0 Å². The summed E-state index contributed by atoms with van der Waals surface area (Å²) in [5.74, 6) is -0.463. The van der Waals surface area contributed by atoms with E-state index < -0.39 is 11.7 Å². The standard InChI is InChI=1S/C13H19N3O3/c1-8(2)12(10(4)17)15-11(18)7-16-6-9(3)5-14-13(16)19/h5-6,8,12H,7H2,1-4H3,(H,15,18). The quantitative estimate of drug-likeness (QED) is 0.829. The van der Waals surface area contributed by atoms with E-state index in [1.54, 1.807) is 13.1 Å². The molecule has 1 atom stereocenters.